The third-order valence-corrected chi connectivity index (χ3v) is 3.57. The van der Waals surface area contributed by atoms with Gasteiger partial charge >= 0.3 is 0 Å². The van der Waals surface area contributed by atoms with Gasteiger partial charge < -0.3 is 11.5 Å². The number of primary amides is 1. The number of carbonyl (C=O) groups excluding carboxylic acids is 1. The standard InChI is InChI=1S/C12H25N3O/c1-10(12(14)16)15(9-5-8-13)11-6-3-2-4-7-11/h10-11H,2-9,13H2,1H3,(H2,14,16). The van der Waals surface area contributed by atoms with Crippen molar-refractivity contribution in [2.45, 2.75) is 57.5 Å². The number of nitrogens with two attached hydrogens (primary N) is 2. The van der Waals surface area contributed by atoms with Gasteiger partial charge in [-0.2, -0.15) is 0 Å². The van der Waals surface area contributed by atoms with Crippen molar-refractivity contribution in [3.63, 3.8) is 0 Å². The molecule has 94 valence electrons. The summed E-state index contributed by atoms with van der Waals surface area (Å²) < 4.78 is 0. The summed E-state index contributed by atoms with van der Waals surface area (Å²) in [5.74, 6) is -0.220. The highest BCUT2D eigenvalue weighted by molar-refractivity contribution is 5.79. The molecule has 1 rings (SSSR count). The number of nitrogens with zero attached hydrogens (tertiary/aromatic N) is 1. The molecule has 4 nitrogen and oxygen atoms in total. The first kappa shape index (κ1) is 13.5. The molecule has 0 aliphatic heterocycles. The molecule has 1 saturated carbocycles. The van der Waals surface area contributed by atoms with E-state index in [1.807, 2.05) is 6.92 Å². The average Bonchev–Trinajstić information content (AvgIpc) is 2.30. The number of carbonyl (C=O) groups is 1. The topological polar surface area (TPSA) is 72.4 Å². The summed E-state index contributed by atoms with van der Waals surface area (Å²) in [6.07, 6.45) is 7.20. The summed E-state index contributed by atoms with van der Waals surface area (Å²) in [6.45, 7) is 3.48. The van der Waals surface area contributed by atoms with Crippen LogP contribution in [0, 0.1) is 0 Å². The molecule has 0 saturated heterocycles. The minimum absolute atomic E-state index is 0.158. The lowest BCUT2D eigenvalue weighted by Crippen LogP contribution is -2.49. The molecule has 0 aromatic rings. The van der Waals surface area contributed by atoms with Crippen LogP contribution in [0.25, 0.3) is 0 Å². The second-order valence-electron chi connectivity index (χ2n) is 4.75. The highest BCUT2D eigenvalue weighted by atomic mass is 16.1. The van der Waals surface area contributed by atoms with Crippen LogP contribution in [0.15, 0.2) is 0 Å². The van der Waals surface area contributed by atoms with Gasteiger partial charge in [0.15, 0.2) is 0 Å². The molecule has 1 atom stereocenters. The van der Waals surface area contributed by atoms with Crippen molar-refractivity contribution in [2.24, 2.45) is 11.5 Å². The maximum Gasteiger partial charge on any atom is 0.234 e. The summed E-state index contributed by atoms with van der Waals surface area (Å²) in [6, 6.07) is 0.373. The highest BCUT2D eigenvalue weighted by Gasteiger charge is 2.27. The zero-order valence-corrected chi connectivity index (χ0v) is 10.3. The fourth-order valence-corrected chi connectivity index (χ4v) is 2.54. The maximum atomic E-state index is 11.3. The smallest absolute Gasteiger partial charge is 0.234 e. The van der Waals surface area contributed by atoms with E-state index in [0.29, 0.717) is 12.6 Å². The van der Waals surface area contributed by atoms with Crippen molar-refractivity contribution in [1.29, 1.82) is 0 Å². The van der Waals surface area contributed by atoms with Gasteiger partial charge in [-0.3, -0.25) is 9.69 Å². The zero-order chi connectivity index (χ0) is 12.0. The molecule has 0 aromatic carbocycles. The van der Waals surface area contributed by atoms with Gasteiger partial charge in [0.05, 0.1) is 6.04 Å². The van der Waals surface area contributed by atoms with Crippen LogP contribution in [0.2, 0.25) is 0 Å². The summed E-state index contributed by atoms with van der Waals surface area (Å²) in [5, 5.41) is 0. The SMILES string of the molecule is CC(C(N)=O)N(CCCN)C1CCCCC1. The Kier molecular flexibility index (Phi) is 5.77. The molecule has 0 radical (unpaired) electrons. The van der Waals surface area contributed by atoms with Crippen molar-refractivity contribution < 1.29 is 4.79 Å². The summed E-state index contributed by atoms with van der Waals surface area (Å²) in [7, 11) is 0. The monoisotopic (exact) mass is 227 g/mol. The van der Waals surface area contributed by atoms with Gasteiger partial charge in [0.25, 0.3) is 0 Å². The Morgan fingerprint density at radius 1 is 1.38 bits per heavy atom. The van der Waals surface area contributed by atoms with E-state index in [1.165, 1.54) is 32.1 Å². The van der Waals surface area contributed by atoms with Crippen molar-refractivity contribution in [3.8, 4) is 0 Å². The minimum Gasteiger partial charge on any atom is -0.368 e. The van der Waals surface area contributed by atoms with Gasteiger partial charge in [-0.1, -0.05) is 19.3 Å². The van der Waals surface area contributed by atoms with Gasteiger partial charge in [0.1, 0.15) is 0 Å². The quantitative estimate of drug-likeness (QED) is 0.706. The minimum atomic E-state index is -0.220. The predicted octanol–water partition coefficient (Wildman–Crippen LogP) is 0.844. The van der Waals surface area contributed by atoms with E-state index in [1.54, 1.807) is 0 Å². The number of hydrogen-bond donors (Lipinski definition) is 2. The Labute approximate surface area is 98.3 Å². The lowest BCUT2D eigenvalue weighted by atomic mass is 9.93. The Hall–Kier alpha value is -0.610. The maximum absolute atomic E-state index is 11.3. The molecule has 1 unspecified atom stereocenters. The number of amides is 1. The van der Waals surface area contributed by atoms with E-state index >= 15 is 0 Å². The molecule has 4 heteroatoms. The zero-order valence-electron chi connectivity index (χ0n) is 10.3. The third-order valence-electron chi connectivity index (χ3n) is 3.57. The van der Waals surface area contributed by atoms with E-state index < -0.39 is 0 Å². The molecule has 16 heavy (non-hydrogen) atoms. The van der Waals surface area contributed by atoms with Crippen LogP contribution in [0.4, 0.5) is 0 Å². The molecule has 0 heterocycles. The molecule has 1 fully saturated rings. The molecule has 1 aliphatic rings. The van der Waals surface area contributed by atoms with Crippen LogP contribution in [0.5, 0.6) is 0 Å². The van der Waals surface area contributed by atoms with E-state index in [0.717, 1.165) is 13.0 Å². The second kappa shape index (κ2) is 6.86. The Morgan fingerprint density at radius 2 is 2.00 bits per heavy atom. The summed E-state index contributed by atoms with van der Waals surface area (Å²) in [4.78, 5) is 13.6. The molecule has 1 amide bonds. The Morgan fingerprint density at radius 3 is 2.50 bits per heavy atom. The Bertz CT molecular complexity index is 214. The molecule has 1 aliphatic carbocycles. The summed E-state index contributed by atoms with van der Waals surface area (Å²) >= 11 is 0. The van der Waals surface area contributed by atoms with E-state index in [-0.39, 0.29) is 11.9 Å². The van der Waals surface area contributed by atoms with Crippen LogP contribution in [0.3, 0.4) is 0 Å². The van der Waals surface area contributed by atoms with Crippen molar-refractivity contribution in [2.75, 3.05) is 13.1 Å². The first-order valence-corrected chi connectivity index (χ1v) is 6.42. The van der Waals surface area contributed by atoms with Crippen molar-refractivity contribution in [3.05, 3.63) is 0 Å². The van der Waals surface area contributed by atoms with Crippen LogP contribution in [0.1, 0.15) is 45.4 Å². The first-order chi connectivity index (χ1) is 7.66. The Balaban J connectivity index is 2.57. The van der Waals surface area contributed by atoms with Crippen molar-refractivity contribution >= 4 is 5.91 Å². The van der Waals surface area contributed by atoms with Crippen LogP contribution < -0.4 is 11.5 Å². The predicted molar refractivity (Wildman–Crippen MR) is 65.9 cm³/mol. The molecular formula is C12H25N3O. The lowest BCUT2D eigenvalue weighted by Gasteiger charge is -2.37. The molecule has 0 bridgehead atoms. The third kappa shape index (κ3) is 3.76. The van der Waals surface area contributed by atoms with Gasteiger partial charge in [-0.05, 0) is 32.7 Å². The van der Waals surface area contributed by atoms with Crippen LogP contribution in [-0.2, 0) is 4.79 Å². The number of rotatable bonds is 6. The van der Waals surface area contributed by atoms with E-state index in [9.17, 15) is 4.79 Å². The second-order valence-corrected chi connectivity index (χ2v) is 4.75. The fourth-order valence-electron chi connectivity index (χ4n) is 2.54. The molecule has 0 aromatic heterocycles. The van der Waals surface area contributed by atoms with Gasteiger partial charge in [-0.25, -0.2) is 0 Å². The highest BCUT2D eigenvalue weighted by Crippen LogP contribution is 2.24. The normalized spacial score (nSPS) is 19.9. The fraction of sp³-hybridized carbons (Fsp3) is 0.917. The van der Waals surface area contributed by atoms with E-state index in [2.05, 4.69) is 4.90 Å². The number of hydrogen-bond acceptors (Lipinski definition) is 3. The summed E-state index contributed by atoms with van der Waals surface area (Å²) in [5.41, 5.74) is 10.9. The molecular weight excluding hydrogens is 202 g/mol. The van der Waals surface area contributed by atoms with Gasteiger partial charge in [0.2, 0.25) is 5.91 Å². The van der Waals surface area contributed by atoms with Gasteiger partial charge in [0, 0.05) is 12.6 Å². The average molecular weight is 227 g/mol. The first-order valence-electron chi connectivity index (χ1n) is 6.42. The molecule has 4 N–H and O–H groups in total. The van der Waals surface area contributed by atoms with E-state index in [4.69, 9.17) is 11.5 Å². The van der Waals surface area contributed by atoms with Crippen molar-refractivity contribution in [1.82, 2.24) is 4.90 Å². The van der Waals surface area contributed by atoms with Crippen LogP contribution >= 0.6 is 0 Å². The lowest BCUT2D eigenvalue weighted by molar-refractivity contribution is -0.123. The van der Waals surface area contributed by atoms with Gasteiger partial charge in [-0.15, -0.1) is 0 Å². The molecule has 0 spiro atoms. The largest absolute Gasteiger partial charge is 0.368 e. The van der Waals surface area contributed by atoms with Crippen LogP contribution in [-0.4, -0.2) is 36.0 Å².